The number of nitrogens with zero attached hydrogens (tertiary/aromatic N) is 3. The molecule has 0 unspecified atom stereocenters. The van der Waals surface area contributed by atoms with Crippen molar-refractivity contribution in [3.05, 3.63) is 154 Å². The Morgan fingerprint density at radius 1 is 0.491 bits per heavy atom. The maximum atomic E-state index is 6.72. The number of furan rings is 1. The van der Waals surface area contributed by atoms with Gasteiger partial charge >= 0.3 is 0 Å². The van der Waals surface area contributed by atoms with Gasteiger partial charge in [-0.1, -0.05) is 122 Å². The first-order valence-corrected chi connectivity index (χ1v) is 17.5. The summed E-state index contributed by atoms with van der Waals surface area (Å²) in [6.45, 7) is 6.65. The average molecular weight is 669 g/mol. The summed E-state index contributed by atoms with van der Waals surface area (Å²) in [5, 5.41) is 2.01. The molecule has 9 heteroatoms. The molecule has 0 saturated heterocycles. The number of para-hydroxylation sites is 1. The lowest BCUT2D eigenvalue weighted by atomic mass is 9.55. The minimum Gasteiger partial charge on any atom is -0.456 e. The molecule has 240 valence electrons. The van der Waals surface area contributed by atoms with Gasteiger partial charge in [-0.15, -0.1) is 16.4 Å². The molecule has 8 aromatic rings. The molecule has 0 aliphatic heterocycles. The molecule has 0 bridgehead atoms. The number of aryl methyl sites for hydroxylation is 1. The van der Waals surface area contributed by atoms with Crippen LogP contribution in [0.2, 0.25) is 0 Å². The van der Waals surface area contributed by atoms with Crippen LogP contribution in [-0.4, -0.2) is 54.2 Å². The van der Waals surface area contributed by atoms with Crippen LogP contribution in [0, 0.1) is 6.92 Å². The Kier molecular flexibility index (Phi) is 7.54. The molecule has 0 saturated carbocycles. The summed E-state index contributed by atoms with van der Waals surface area (Å²) in [5.41, 5.74) is 8.34. The highest BCUT2D eigenvalue weighted by Gasteiger charge is 2.51. The molecule has 9 rings (SSSR count). The largest absolute Gasteiger partial charge is 0.456 e. The average Bonchev–Trinajstić information content (AvgIpc) is 3.55. The standard InChI is InChI=1S/C44H28B5N3O/c1-23-12-4-6-14-27(23)44(30-17-9-7-15-28(30)43(2,3)29-16-8-10-18-31(29)44)42-51-40(24-20-21-26-25-13-5-11-19-32(25)53-33(26)22-24)50-41(52-42)34-35(45)37(47)39(49)38(48)36(34)46/h4-22H,1-3H3. The van der Waals surface area contributed by atoms with Gasteiger partial charge in [0.05, 0.1) is 0 Å². The number of rotatable bonds is 4. The number of aromatic nitrogens is 3. The van der Waals surface area contributed by atoms with Crippen LogP contribution in [0.15, 0.2) is 120 Å². The van der Waals surface area contributed by atoms with Crippen molar-refractivity contribution in [2.24, 2.45) is 0 Å². The van der Waals surface area contributed by atoms with Crippen molar-refractivity contribution in [1.82, 2.24) is 15.0 Å². The second-order valence-electron chi connectivity index (χ2n) is 14.3. The van der Waals surface area contributed by atoms with E-state index in [1.54, 1.807) is 0 Å². The van der Waals surface area contributed by atoms with Gasteiger partial charge in [-0.3, -0.25) is 0 Å². The van der Waals surface area contributed by atoms with E-state index >= 15 is 0 Å². The number of hydrogen-bond acceptors (Lipinski definition) is 4. The highest BCUT2D eigenvalue weighted by Crippen LogP contribution is 2.55. The van der Waals surface area contributed by atoms with Crippen LogP contribution in [0.5, 0.6) is 0 Å². The maximum Gasteiger partial charge on any atom is 0.163 e. The molecule has 10 radical (unpaired) electrons. The molecule has 0 spiro atoms. The van der Waals surface area contributed by atoms with Gasteiger partial charge < -0.3 is 4.42 Å². The van der Waals surface area contributed by atoms with Gasteiger partial charge in [0.15, 0.2) is 17.5 Å². The quantitative estimate of drug-likeness (QED) is 0.261. The highest BCUT2D eigenvalue weighted by molar-refractivity contribution is 6.68. The van der Waals surface area contributed by atoms with Gasteiger partial charge in [0.2, 0.25) is 0 Å². The molecule has 4 nitrogen and oxygen atoms in total. The topological polar surface area (TPSA) is 51.8 Å². The zero-order chi connectivity index (χ0) is 36.8. The van der Waals surface area contributed by atoms with Crippen LogP contribution >= 0.6 is 0 Å². The van der Waals surface area contributed by atoms with E-state index in [0.717, 1.165) is 49.7 Å². The molecule has 6 aromatic carbocycles. The highest BCUT2D eigenvalue weighted by atomic mass is 16.3. The van der Waals surface area contributed by atoms with E-state index in [9.17, 15) is 0 Å². The summed E-state index contributed by atoms with van der Waals surface area (Å²) in [4.78, 5) is 15.9. The second kappa shape index (κ2) is 12.0. The number of hydrogen-bond donors (Lipinski definition) is 0. The number of benzene rings is 6. The molecule has 0 fully saturated rings. The number of fused-ring (bicyclic) bond motifs is 5. The van der Waals surface area contributed by atoms with E-state index in [4.69, 9.17) is 58.6 Å². The first-order valence-electron chi connectivity index (χ1n) is 17.5. The smallest absolute Gasteiger partial charge is 0.163 e. The monoisotopic (exact) mass is 669 g/mol. The van der Waals surface area contributed by atoms with E-state index in [1.165, 1.54) is 0 Å². The van der Waals surface area contributed by atoms with Crippen molar-refractivity contribution in [2.45, 2.75) is 31.6 Å². The Morgan fingerprint density at radius 3 is 1.64 bits per heavy atom. The second-order valence-corrected chi connectivity index (χ2v) is 14.3. The normalized spacial score (nSPS) is 14.2. The Balaban J connectivity index is 1.45. The third-order valence-electron chi connectivity index (χ3n) is 11.1. The van der Waals surface area contributed by atoms with Crippen molar-refractivity contribution >= 4 is 88.5 Å². The van der Waals surface area contributed by atoms with Gasteiger partial charge in [-0.2, -0.15) is 0 Å². The zero-order valence-corrected chi connectivity index (χ0v) is 29.6. The van der Waals surface area contributed by atoms with Crippen LogP contribution in [0.3, 0.4) is 0 Å². The first kappa shape index (κ1) is 33.3. The third-order valence-corrected chi connectivity index (χ3v) is 11.1. The minimum atomic E-state index is -1.00. The Bertz CT molecular complexity index is 2730. The Hall–Kier alpha value is -5.55. The molecule has 0 amide bonds. The van der Waals surface area contributed by atoms with Gasteiger partial charge in [0, 0.05) is 27.3 Å². The Morgan fingerprint density at radius 2 is 1.00 bits per heavy atom. The summed E-state index contributed by atoms with van der Waals surface area (Å²) < 4.78 is 6.32. The van der Waals surface area contributed by atoms with E-state index in [-0.39, 0.29) is 38.6 Å². The maximum absolute atomic E-state index is 6.72. The summed E-state index contributed by atoms with van der Waals surface area (Å²) in [6, 6.07) is 39.5. The van der Waals surface area contributed by atoms with E-state index in [2.05, 4.69) is 87.5 Å². The molecule has 0 atom stereocenters. The third kappa shape index (κ3) is 4.72. The van der Waals surface area contributed by atoms with E-state index in [1.807, 2.05) is 48.5 Å². The lowest BCUT2D eigenvalue weighted by Gasteiger charge is -2.47. The van der Waals surface area contributed by atoms with Gasteiger partial charge in [0.25, 0.3) is 0 Å². The Labute approximate surface area is 315 Å². The summed E-state index contributed by atoms with van der Waals surface area (Å²) in [5.74, 6) is 1.10. The van der Waals surface area contributed by atoms with Gasteiger partial charge in [0.1, 0.15) is 55.8 Å². The van der Waals surface area contributed by atoms with Crippen LogP contribution in [0.25, 0.3) is 44.7 Å². The predicted octanol–water partition coefficient (Wildman–Crippen LogP) is 4.40. The molecule has 53 heavy (non-hydrogen) atoms. The van der Waals surface area contributed by atoms with E-state index < -0.39 is 5.41 Å². The van der Waals surface area contributed by atoms with Crippen LogP contribution < -0.4 is 27.3 Å². The lowest BCUT2D eigenvalue weighted by molar-refractivity contribution is 0.541. The summed E-state index contributed by atoms with van der Waals surface area (Å²) in [7, 11) is 32.6. The molecular weight excluding hydrogens is 641 g/mol. The van der Waals surface area contributed by atoms with Crippen molar-refractivity contribution < 1.29 is 4.42 Å². The zero-order valence-electron chi connectivity index (χ0n) is 29.6. The fourth-order valence-electron chi connectivity index (χ4n) is 8.39. The van der Waals surface area contributed by atoms with Gasteiger partial charge in [-0.05, 0) is 58.5 Å². The predicted molar refractivity (Wildman–Crippen MR) is 220 cm³/mol. The van der Waals surface area contributed by atoms with Crippen LogP contribution in [-0.2, 0) is 10.8 Å². The first-order chi connectivity index (χ1) is 25.5. The van der Waals surface area contributed by atoms with Gasteiger partial charge in [-0.25, -0.2) is 15.0 Å². The molecule has 1 aliphatic carbocycles. The molecular formula is C44H28B5N3O. The molecule has 2 heterocycles. The molecule has 2 aromatic heterocycles. The van der Waals surface area contributed by atoms with Crippen LogP contribution in [0.4, 0.5) is 0 Å². The summed E-state index contributed by atoms with van der Waals surface area (Å²) >= 11 is 0. The fraction of sp³-hybridized carbons (Fsp3) is 0.114. The van der Waals surface area contributed by atoms with Crippen molar-refractivity contribution in [2.75, 3.05) is 0 Å². The summed E-state index contributed by atoms with van der Waals surface area (Å²) in [6.07, 6.45) is 0. The van der Waals surface area contributed by atoms with E-state index in [0.29, 0.717) is 28.4 Å². The lowest BCUT2D eigenvalue weighted by Crippen LogP contribution is -2.55. The van der Waals surface area contributed by atoms with Crippen molar-refractivity contribution in [3.8, 4) is 22.8 Å². The van der Waals surface area contributed by atoms with Crippen LogP contribution in [0.1, 0.15) is 53.1 Å². The van der Waals surface area contributed by atoms with Crippen molar-refractivity contribution in [3.63, 3.8) is 0 Å². The minimum absolute atomic E-state index is 0.113. The SMILES string of the molecule is [B]c1c([B])c([B])c(-c2nc(-c3ccc4c(c3)oc3ccccc34)nc(C3(c4ccccc4C)c4ccccc4C(C)(C)c4ccccc43)n2)c([B])c1[B]. The fourth-order valence-corrected chi connectivity index (χ4v) is 8.39. The molecule has 1 aliphatic rings. The van der Waals surface area contributed by atoms with Crippen molar-refractivity contribution in [1.29, 1.82) is 0 Å². The molecule has 0 N–H and O–H groups in total.